The van der Waals surface area contributed by atoms with Crippen molar-refractivity contribution < 1.29 is 22.4 Å². The fourth-order valence-corrected chi connectivity index (χ4v) is 3.11. The first-order chi connectivity index (χ1) is 12.0. The van der Waals surface area contributed by atoms with Crippen LogP contribution >= 0.6 is 0 Å². The van der Waals surface area contributed by atoms with Gasteiger partial charge in [-0.2, -0.15) is 9.97 Å². The van der Waals surface area contributed by atoms with E-state index in [1.54, 1.807) is 24.3 Å². The third kappa shape index (κ3) is 4.00. The van der Waals surface area contributed by atoms with Gasteiger partial charge in [-0.05, 0) is 12.1 Å². The Labute approximate surface area is 143 Å². The van der Waals surface area contributed by atoms with E-state index >= 15 is 0 Å². The van der Waals surface area contributed by atoms with E-state index in [4.69, 9.17) is 14.0 Å². The minimum Gasteiger partial charge on any atom is -0.467 e. The fourth-order valence-electron chi connectivity index (χ4n) is 2.09. The molecule has 0 aliphatic carbocycles. The summed E-state index contributed by atoms with van der Waals surface area (Å²) in [6, 6.07) is 7.10. The Morgan fingerprint density at radius 3 is 2.44 bits per heavy atom. The summed E-state index contributed by atoms with van der Waals surface area (Å²) in [6.07, 6.45) is 0. The van der Waals surface area contributed by atoms with Crippen molar-refractivity contribution in [3.8, 4) is 12.0 Å². The topological polar surface area (TPSA) is 129 Å². The van der Waals surface area contributed by atoms with E-state index in [2.05, 4.69) is 24.8 Å². The van der Waals surface area contributed by atoms with Crippen LogP contribution in [-0.2, 0) is 22.3 Å². The number of nitrogens with zero attached hydrogens (tertiary/aromatic N) is 4. The smallest absolute Gasteiger partial charge is 0.322 e. The second-order valence-corrected chi connectivity index (χ2v) is 6.74. The maximum Gasteiger partial charge on any atom is 0.322 e. The SMILES string of the molecule is COc1nc(CNS(=O)(=O)Cc2noc3ccccc23)nc(OC)n1. The number of hydrogen-bond acceptors (Lipinski definition) is 9. The van der Waals surface area contributed by atoms with Crippen molar-refractivity contribution in [2.45, 2.75) is 12.3 Å². The Morgan fingerprint density at radius 1 is 1.08 bits per heavy atom. The monoisotopic (exact) mass is 365 g/mol. The van der Waals surface area contributed by atoms with Crippen molar-refractivity contribution in [2.24, 2.45) is 0 Å². The van der Waals surface area contributed by atoms with E-state index in [0.717, 1.165) is 0 Å². The molecule has 0 saturated heterocycles. The lowest BCUT2D eigenvalue weighted by atomic mass is 10.2. The van der Waals surface area contributed by atoms with Gasteiger partial charge in [-0.3, -0.25) is 0 Å². The van der Waals surface area contributed by atoms with Gasteiger partial charge in [-0.1, -0.05) is 17.3 Å². The van der Waals surface area contributed by atoms with Crippen molar-refractivity contribution in [1.82, 2.24) is 24.8 Å². The normalized spacial score (nSPS) is 11.6. The number of fused-ring (bicyclic) bond motifs is 1. The van der Waals surface area contributed by atoms with E-state index in [0.29, 0.717) is 16.7 Å². The van der Waals surface area contributed by atoms with Gasteiger partial charge in [0.2, 0.25) is 10.0 Å². The number of rotatable bonds is 7. The highest BCUT2D eigenvalue weighted by molar-refractivity contribution is 7.88. The van der Waals surface area contributed by atoms with Crippen LogP contribution in [0.15, 0.2) is 28.8 Å². The molecular weight excluding hydrogens is 350 g/mol. The van der Waals surface area contributed by atoms with Crippen LogP contribution < -0.4 is 14.2 Å². The Kier molecular flexibility index (Phi) is 4.76. The molecule has 3 rings (SSSR count). The van der Waals surface area contributed by atoms with Crippen LogP contribution in [0.3, 0.4) is 0 Å². The first-order valence-corrected chi connectivity index (χ1v) is 8.79. The molecule has 1 aromatic carbocycles. The Balaban J connectivity index is 1.74. The fraction of sp³-hybridized carbons (Fsp3) is 0.286. The van der Waals surface area contributed by atoms with E-state index in [9.17, 15) is 8.42 Å². The summed E-state index contributed by atoms with van der Waals surface area (Å²) in [5.41, 5.74) is 0.855. The van der Waals surface area contributed by atoms with Gasteiger partial charge in [0.1, 0.15) is 11.4 Å². The molecular formula is C14H15N5O5S. The summed E-state index contributed by atoms with van der Waals surface area (Å²) < 4.78 is 42.0. The van der Waals surface area contributed by atoms with Crippen LogP contribution in [0.25, 0.3) is 11.0 Å². The molecule has 2 aromatic heterocycles. The highest BCUT2D eigenvalue weighted by Crippen LogP contribution is 2.19. The molecule has 0 atom stereocenters. The van der Waals surface area contributed by atoms with Crippen LogP contribution in [0.1, 0.15) is 11.5 Å². The molecule has 3 aromatic rings. The van der Waals surface area contributed by atoms with E-state index in [-0.39, 0.29) is 30.1 Å². The largest absolute Gasteiger partial charge is 0.467 e. The molecule has 0 amide bonds. The summed E-state index contributed by atoms with van der Waals surface area (Å²) in [5, 5.41) is 4.46. The highest BCUT2D eigenvalue weighted by Gasteiger charge is 2.18. The minimum atomic E-state index is -3.69. The van der Waals surface area contributed by atoms with Gasteiger partial charge in [0.15, 0.2) is 11.4 Å². The molecule has 0 spiro atoms. The first-order valence-electron chi connectivity index (χ1n) is 7.14. The first kappa shape index (κ1) is 17.0. The molecule has 0 fully saturated rings. The van der Waals surface area contributed by atoms with Gasteiger partial charge < -0.3 is 14.0 Å². The number of aromatic nitrogens is 4. The molecule has 132 valence electrons. The molecule has 0 radical (unpaired) electrons. The maximum absolute atomic E-state index is 12.3. The van der Waals surface area contributed by atoms with E-state index < -0.39 is 10.0 Å². The second kappa shape index (κ2) is 6.99. The second-order valence-electron chi connectivity index (χ2n) is 4.93. The third-order valence-electron chi connectivity index (χ3n) is 3.23. The number of ether oxygens (including phenoxy) is 2. The Bertz CT molecular complexity index is 966. The molecule has 0 unspecified atom stereocenters. The Hall–Kier alpha value is -2.79. The van der Waals surface area contributed by atoms with Gasteiger partial charge in [-0.25, -0.2) is 13.1 Å². The van der Waals surface area contributed by atoms with Crippen LogP contribution in [0.2, 0.25) is 0 Å². The highest BCUT2D eigenvalue weighted by atomic mass is 32.2. The van der Waals surface area contributed by atoms with E-state index in [1.807, 2.05) is 0 Å². The molecule has 25 heavy (non-hydrogen) atoms. The van der Waals surface area contributed by atoms with Crippen LogP contribution in [0, 0.1) is 0 Å². The number of hydrogen-bond donors (Lipinski definition) is 1. The van der Waals surface area contributed by atoms with Gasteiger partial charge >= 0.3 is 12.0 Å². The van der Waals surface area contributed by atoms with Gasteiger partial charge in [0.25, 0.3) is 0 Å². The van der Waals surface area contributed by atoms with Gasteiger partial charge in [0.05, 0.1) is 20.8 Å². The summed E-state index contributed by atoms with van der Waals surface area (Å²) in [6.45, 7) is -0.145. The summed E-state index contributed by atoms with van der Waals surface area (Å²) in [5.74, 6) is -0.166. The minimum absolute atomic E-state index is 0.0311. The molecule has 11 heteroatoms. The van der Waals surface area contributed by atoms with Gasteiger partial charge in [0, 0.05) is 5.39 Å². The summed E-state index contributed by atoms with van der Waals surface area (Å²) in [7, 11) is -0.913. The lowest BCUT2D eigenvalue weighted by Gasteiger charge is -2.07. The van der Waals surface area contributed by atoms with Crippen molar-refractivity contribution in [3.63, 3.8) is 0 Å². The van der Waals surface area contributed by atoms with Crippen molar-refractivity contribution >= 4 is 21.0 Å². The number of sulfonamides is 1. The van der Waals surface area contributed by atoms with E-state index in [1.165, 1.54) is 14.2 Å². The zero-order valence-electron chi connectivity index (χ0n) is 13.5. The standard InChI is InChI=1S/C14H15N5O5S/c1-22-13-16-12(17-14(18-13)23-2)7-15-25(20,21)8-10-9-5-3-4-6-11(9)24-19-10/h3-6,15H,7-8H2,1-2H3. The average Bonchev–Trinajstić information content (AvgIpc) is 3.02. The number of nitrogens with one attached hydrogen (secondary N) is 1. The van der Waals surface area contributed by atoms with Crippen LogP contribution in [0.4, 0.5) is 0 Å². The molecule has 2 heterocycles. The van der Waals surface area contributed by atoms with Crippen molar-refractivity contribution in [1.29, 1.82) is 0 Å². The average molecular weight is 365 g/mol. The number of para-hydroxylation sites is 1. The zero-order chi connectivity index (χ0) is 17.9. The number of benzene rings is 1. The molecule has 1 N–H and O–H groups in total. The number of methoxy groups -OCH3 is 2. The van der Waals surface area contributed by atoms with Gasteiger partial charge in [-0.15, -0.1) is 4.98 Å². The predicted octanol–water partition coefficient (Wildman–Crippen LogP) is 0.650. The lowest BCUT2D eigenvalue weighted by Crippen LogP contribution is -2.26. The van der Waals surface area contributed by atoms with Crippen LogP contribution in [0.5, 0.6) is 12.0 Å². The summed E-state index contributed by atoms with van der Waals surface area (Å²) in [4.78, 5) is 11.8. The molecule has 0 saturated carbocycles. The van der Waals surface area contributed by atoms with Crippen LogP contribution in [-0.4, -0.2) is 42.7 Å². The lowest BCUT2D eigenvalue weighted by molar-refractivity contribution is 0.336. The van der Waals surface area contributed by atoms with Crippen molar-refractivity contribution in [3.05, 3.63) is 35.8 Å². The maximum atomic E-state index is 12.3. The quantitative estimate of drug-likeness (QED) is 0.641. The van der Waals surface area contributed by atoms with Crippen molar-refractivity contribution in [2.75, 3.05) is 14.2 Å². The molecule has 0 bridgehead atoms. The molecule has 0 aliphatic rings. The Morgan fingerprint density at radius 2 is 1.76 bits per heavy atom. The molecule has 10 nitrogen and oxygen atoms in total. The summed E-state index contributed by atoms with van der Waals surface area (Å²) >= 11 is 0. The molecule has 0 aliphatic heterocycles. The third-order valence-corrected chi connectivity index (χ3v) is 4.47. The zero-order valence-corrected chi connectivity index (χ0v) is 14.3. The predicted molar refractivity (Wildman–Crippen MR) is 86.4 cm³/mol.